The number of rotatable bonds is 2. The summed E-state index contributed by atoms with van der Waals surface area (Å²) in [6, 6.07) is 6.53. The molecule has 3 amide bonds. The van der Waals surface area contributed by atoms with E-state index < -0.39 is 18.6 Å². The number of nitrogens with zero attached hydrogens (tertiary/aromatic N) is 1. The minimum absolute atomic E-state index is 0.173. The smallest absolute Gasteiger partial charge is 0.337 e. The van der Waals surface area contributed by atoms with Crippen LogP contribution in [0.25, 0.3) is 0 Å². The van der Waals surface area contributed by atoms with Crippen molar-refractivity contribution < 1.29 is 22.8 Å². The van der Waals surface area contributed by atoms with E-state index >= 15 is 0 Å². The molecule has 8 heteroatoms. The normalized spacial score (nSPS) is 14.1. The summed E-state index contributed by atoms with van der Waals surface area (Å²) in [4.78, 5) is 23.6. The Kier molecular flexibility index (Phi) is 4.56. The lowest BCUT2D eigenvalue weighted by atomic mass is 10.2. The monoisotopic (exact) mass is 311 g/mol. The lowest BCUT2D eigenvalue weighted by Gasteiger charge is -2.13. The van der Waals surface area contributed by atoms with Crippen LogP contribution in [0.5, 0.6) is 0 Å². The first-order chi connectivity index (χ1) is 10.4. The van der Waals surface area contributed by atoms with E-state index in [0.29, 0.717) is 24.3 Å². The second kappa shape index (κ2) is 6.39. The van der Waals surface area contributed by atoms with Gasteiger partial charge in [0.05, 0.1) is 6.54 Å². The van der Waals surface area contributed by atoms with Gasteiger partial charge in [-0.05, 0) is 24.3 Å². The standard InChI is InChI=1S/C14H12F3N3O2/c15-14(16,17)12(21)18-7-1-2-10-3-5-11(6-4-10)20-9-8-19-13(20)22/h3-6H,7-9H2,(H,18,21)(H,19,22). The second-order valence-electron chi connectivity index (χ2n) is 4.41. The van der Waals surface area contributed by atoms with Crippen LogP contribution in [0, 0.1) is 11.8 Å². The highest BCUT2D eigenvalue weighted by atomic mass is 19.4. The van der Waals surface area contributed by atoms with Gasteiger partial charge in [0.15, 0.2) is 0 Å². The van der Waals surface area contributed by atoms with Gasteiger partial charge < -0.3 is 10.6 Å². The minimum Gasteiger partial charge on any atom is -0.337 e. The summed E-state index contributed by atoms with van der Waals surface area (Å²) in [6.07, 6.45) is -4.90. The lowest BCUT2D eigenvalue weighted by Crippen LogP contribution is -2.36. The fourth-order valence-electron chi connectivity index (χ4n) is 1.81. The van der Waals surface area contributed by atoms with Crippen LogP contribution >= 0.6 is 0 Å². The van der Waals surface area contributed by atoms with Crippen LogP contribution in [-0.4, -0.2) is 37.7 Å². The molecular weight excluding hydrogens is 299 g/mol. The van der Waals surface area contributed by atoms with Gasteiger partial charge in [-0.15, -0.1) is 0 Å². The molecule has 116 valence electrons. The third kappa shape index (κ3) is 3.91. The molecule has 5 nitrogen and oxygen atoms in total. The maximum atomic E-state index is 11.9. The predicted octanol–water partition coefficient (Wildman–Crippen LogP) is 1.25. The molecule has 0 aromatic heterocycles. The molecule has 22 heavy (non-hydrogen) atoms. The molecule has 1 fully saturated rings. The minimum atomic E-state index is -4.90. The van der Waals surface area contributed by atoms with Crippen molar-refractivity contribution >= 4 is 17.6 Å². The summed E-state index contributed by atoms with van der Waals surface area (Å²) < 4.78 is 35.8. The third-order valence-corrected chi connectivity index (χ3v) is 2.86. The fourth-order valence-corrected chi connectivity index (χ4v) is 1.81. The van der Waals surface area contributed by atoms with E-state index in [-0.39, 0.29) is 6.03 Å². The van der Waals surface area contributed by atoms with Gasteiger partial charge in [-0.25, -0.2) is 4.79 Å². The van der Waals surface area contributed by atoms with E-state index in [9.17, 15) is 22.8 Å². The molecule has 0 radical (unpaired) electrons. The van der Waals surface area contributed by atoms with E-state index in [4.69, 9.17) is 0 Å². The molecule has 0 aliphatic carbocycles. The molecule has 0 bridgehead atoms. The summed E-state index contributed by atoms with van der Waals surface area (Å²) in [7, 11) is 0. The predicted molar refractivity (Wildman–Crippen MR) is 73.1 cm³/mol. The third-order valence-electron chi connectivity index (χ3n) is 2.86. The topological polar surface area (TPSA) is 61.4 Å². The number of carbonyl (C=O) groups excluding carboxylic acids is 2. The SMILES string of the molecule is O=C1NCCN1c1ccc(C#CCNC(=O)C(F)(F)F)cc1. The van der Waals surface area contributed by atoms with Crippen LogP contribution < -0.4 is 15.5 Å². The molecule has 0 saturated carbocycles. The molecule has 0 spiro atoms. The van der Waals surface area contributed by atoms with E-state index in [1.165, 1.54) is 0 Å². The Morgan fingerprint density at radius 3 is 2.55 bits per heavy atom. The number of carbonyl (C=O) groups is 2. The van der Waals surface area contributed by atoms with Crippen molar-refractivity contribution in [2.45, 2.75) is 6.18 Å². The Balaban J connectivity index is 1.91. The zero-order valence-corrected chi connectivity index (χ0v) is 11.3. The molecule has 1 aromatic rings. The van der Waals surface area contributed by atoms with Crippen molar-refractivity contribution in [2.24, 2.45) is 0 Å². The zero-order chi connectivity index (χ0) is 16.2. The molecular formula is C14H12F3N3O2. The van der Waals surface area contributed by atoms with Crippen LogP contribution in [0.1, 0.15) is 5.56 Å². The number of anilines is 1. The van der Waals surface area contributed by atoms with Crippen molar-refractivity contribution in [2.75, 3.05) is 24.5 Å². The molecule has 2 rings (SSSR count). The number of nitrogens with one attached hydrogen (secondary N) is 2. The van der Waals surface area contributed by atoms with Crippen molar-refractivity contribution in [3.05, 3.63) is 29.8 Å². The number of benzene rings is 1. The van der Waals surface area contributed by atoms with Crippen molar-refractivity contribution in [3.8, 4) is 11.8 Å². The Morgan fingerprint density at radius 2 is 2.00 bits per heavy atom. The highest BCUT2D eigenvalue weighted by molar-refractivity contribution is 5.94. The van der Waals surface area contributed by atoms with Gasteiger partial charge >= 0.3 is 18.1 Å². The largest absolute Gasteiger partial charge is 0.471 e. The molecule has 1 aliphatic heterocycles. The van der Waals surface area contributed by atoms with Gasteiger partial charge in [0.1, 0.15) is 0 Å². The summed E-state index contributed by atoms with van der Waals surface area (Å²) in [6.45, 7) is 0.765. The molecule has 1 aromatic carbocycles. The zero-order valence-electron chi connectivity index (χ0n) is 11.3. The average Bonchev–Trinajstić information content (AvgIpc) is 2.89. The summed E-state index contributed by atoms with van der Waals surface area (Å²) in [5, 5.41) is 4.33. The van der Waals surface area contributed by atoms with Gasteiger partial charge in [-0.1, -0.05) is 11.8 Å². The number of alkyl halides is 3. The van der Waals surface area contributed by atoms with Crippen LogP contribution in [-0.2, 0) is 4.79 Å². The Hall–Kier alpha value is -2.69. The number of hydrogen-bond acceptors (Lipinski definition) is 2. The summed E-state index contributed by atoms with van der Waals surface area (Å²) >= 11 is 0. The lowest BCUT2D eigenvalue weighted by molar-refractivity contribution is -0.173. The highest BCUT2D eigenvalue weighted by Gasteiger charge is 2.38. The number of urea groups is 1. The van der Waals surface area contributed by atoms with Gasteiger partial charge in [-0.2, -0.15) is 13.2 Å². The van der Waals surface area contributed by atoms with E-state index in [1.807, 2.05) is 0 Å². The van der Waals surface area contributed by atoms with E-state index in [1.54, 1.807) is 34.5 Å². The molecule has 2 N–H and O–H groups in total. The Labute approximate surface area is 124 Å². The maximum Gasteiger partial charge on any atom is 0.471 e. The second-order valence-corrected chi connectivity index (χ2v) is 4.41. The van der Waals surface area contributed by atoms with Crippen molar-refractivity contribution in [1.82, 2.24) is 10.6 Å². The van der Waals surface area contributed by atoms with Crippen LogP contribution in [0.4, 0.5) is 23.7 Å². The first-order valence-corrected chi connectivity index (χ1v) is 6.37. The van der Waals surface area contributed by atoms with E-state index in [0.717, 1.165) is 0 Å². The van der Waals surface area contributed by atoms with E-state index in [2.05, 4.69) is 17.2 Å². The van der Waals surface area contributed by atoms with Crippen LogP contribution in [0.3, 0.4) is 0 Å². The quantitative estimate of drug-likeness (QED) is 0.808. The van der Waals surface area contributed by atoms with Gasteiger partial charge in [0.2, 0.25) is 0 Å². The van der Waals surface area contributed by atoms with Gasteiger partial charge in [0, 0.05) is 24.3 Å². The molecule has 0 atom stereocenters. The van der Waals surface area contributed by atoms with Gasteiger partial charge in [-0.3, -0.25) is 9.69 Å². The first kappa shape index (κ1) is 15.7. The number of amides is 3. The molecule has 1 aliphatic rings. The summed E-state index contributed by atoms with van der Waals surface area (Å²) in [5.74, 6) is 3.04. The Bertz CT molecular complexity index is 629. The van der Waals surface area contributed by atoms with Crippen LogP contribution in [0.15, 0.2) is 24.3 Å². The highest BCUT2D eigenvalue weighted by Crippen LogP contribution is 2.17. The summed E-state index contributed by atoms with van der Waals surface area (Å²) in [5.41, 5.74) is 1.29. The maximum absolute atomic E-state index is 11.9. The van der Waals surface area contributed by atoms with Crippen molar-refractivity contribution in [3.63, 3.8) is 0 Å². The Morgan fingerprint density at radius 1 is 1.32 bits per heavy atom. The molecule has 1 saturated heterocycles. The molecule has 1 heterocycles. The number of halogens is 3. The van der Waals surface area contributed by atoms with Gasteiger partial charge in [0.25, 0.3) is 0 Å². The first-order valence-electron chi connectivity index (χ1n) is 6.37. The van der Waals surface area contributed by atoms with Crippen molar-refractivity contribution in [1.29, 1.82) is 0 Å². The molecule has 0 unspecified atom stereocenters. The number of hydrogen-bond donors (Lipinski definition) is 2. The fraction of sp³-hybridized carbons (Fsp3) is 0.286. The van der Waals surface area contributed by atoms with Crippen LogP contribution in [0.2, 0.25) is 0 Å². The average molecular weight is 311 g/mol.